The third-order valence-electron chi connectivity index (χ3n) is 2.91. The van der Waals surface area contributed by atoms with Crippen LogP contribution in [-0.4, -0.2) is 26.7 Å². The second-order valence-corrected chi connectivity index (χ2v) is 6.73. The van der Waals surface area contributed by atoms with E-state index in [1.807, 2.05) is 0 Å². The molecule has 0 N–H and O–H groups in total. The van der Waals surface area contributed by atoms with E-state index >= 15 is 0 Å². The molecule has 0 spiro atoms. The highest BCUT2D eigenvalue weighted by Crippen LogP contribution is 2.27. The monoisotopic (exact) mass is 399 g/mol. The highest BCUT2D eigenvalue weighted by Gasteiger charge is 2.13. The van der Waals surface area contributed by atoms with Gasteiger partial charge in [-0.15, -0.1) is 10.2 Å². The first kappa shape index (κ1) is 17.2. The third kappa shape index (κ3) is 4.27. The molecule has 0 fully saturated rings. The topological polar surface area (TPSA) is 68.9 Å². The molecule has 0 saturated carbocycles. The van der Waals surface area contributed by atoms with Crippen molar-refractivity contribution in [2.75, 3.05) is 5.75 Å². The maximum atomic E-state index is 12.1. The van der Waals surface area contributed by atoms with Gasteiger partial charge in [-0.3, -0.25) is 4.79 Å². The predicted octanol–water partition coefficient (Wildman–Crippen LogP) is 5.07. The van der Waals surface area contributed by atoms with Gasteiger partial charge in [0.05, 0.1) is 5.75 Å². The average molecular weight is 401 g/mol. The van der Waals surface area contributed by atoms with E-state index in [-0.39, 0.29) is 33.0 Å². The molecule has 2 heterocycles. The summed E-state index contributed by atoms with van der Waals surface area (Å²) in [5.74, 6) is 0.357. The minimum atomic E-state index is -0.0635. The molecule has 3 aromatic rings. The Kier molecular flexibility index (Phi) is 5.40. The number of nitrogens with zero attached hydrogens (tertiary/aromatic N) is 3. The Morgan fingerprint density at radius 3 is 2.38 bits per heavy atom. The maximum absolute atomic E-state index is 12.1. The number of hydrogen-bond donors (Lipinski definition) is 0. The van der Waals surface area contributed by atoms with Gasteiger partial charge < -0.3 is 4.42 Å². The van der Waals surface area contributed by atoms with E-state index in [9.17, 15) is 4.79 Å². The molecule has 0 saturated heterocycles. The molecule has 122 valence electrons. The lowest BCUT2D eigenvalue weighted by atomic mass is 10.1. The van der Waals surface area contributed by atoms with Crippen LogP contribution in [0.15, 0.2) is 46.0 Å². The van der Waals surface area contributed by atoms with E-state index in [0.717, 1.165) is 11.8 Å². The number of pyridine rings is 1. The molecule has 0 unspecified atom stereocenters. The summed E-state index contributed by atoms with van der Waals surface area (Å²) in [6.45, 7) is 0. The van der Waals surface area contributed by atoms with Crippen molar-refractivity contribution in [1.82, 2.24) is 15.2 Å². The number of rotatable bonds is 5. The van der Waals surface area contributed by atoms with Crippen LogP contribution in [0.4, 0.5) is 0 Å². The summed E-state index contributed by atoms with van der Waals surface area (Å²) in [6, 6.07) is 9.81. The molecule has 1 aromatic carbocycles. The Bertz CT molecular complexity index is 864. The lowest BCUT2D eigenvalue weighted by molar-refractivity contribution is 0.102. The highest BCUT2D eigenvalue weighted by molar-refractivity contribution is 7.99. The van der Waals surface area contributed by atoms with E-state index in [2.05, 4.69) is 15.2 Å². The van der Waals surface area contributed by atoms with Crippen molar-refractivity contribution in [3.63, 3.8) is 0 Å². The normalized spacial score (nSPS) is 10.8. The van der Waals surface area contributed by atoms with Gasteiger partial charge in [0.15, 0.2) is 5.78 Å². The molecule has 2 aromatic heterocycles. The number of halogens is 3. The van der Waals surface area contributed by atoms with Crippen LogP contribution in [0.25, 0.3) is 11.5 Å². The van der Waals surface area contributed by atoms with Crippen LogP contribution in [0.1, 0.15) is 10.4 Å². The summed E-state index contributed by atoms with van der Waals surface area (Å²) in [5.41, 5.74) is 1.13. The van der Waals surface area contributed by atoms with E-state index in [1.165, 1.54) is 0 Å². The van der Waals surface area contributed by atoms with Gasteiger partial charge in [-0.1, -0.05) is 46.6 Å². The number of thioether (sulfide) groups is 1. The molecule has 0 aliphatic heterocycles. The largest absolute Gasteiger partial charge is 0.411 e. The van der Waals surface area contributed by atoms with Crippen molar-refractivity contribution in [1.29, 1.82) is 0 Å². The van der Waals surface area contributed by atoms with Gasteiger partial charge in [-0.2, -0.15) is 0 Å². The number of carbonyl (C=O) groups is 1. The van der Waals surface area contributed by atoms with Crippen molar-refractivity contribution < 1.29 is 9.21 Å². The Labute approximate surface area is 156 Å². The van der Waals surface area contributed by atoms with Crippen LogP contribution in [0.2, 0.25) is 15.3 Å². The van der Waals surface area contributed by atoms with Crippen LogP contribution >= 0.6 is 46.6 Å². The molecule has 0 amide bonds. The molecule has 24 heavy (non-hydrogen) atoms. The highest BCUT2D eigenvalue weighted by atomic mass is 35.5. The van der Waals surface area contributed by atoms with Crippen molar-refractivity contribution in [2.24, 2.45) is 0 Å². The van der Waals surface area contributed by atoms with E-state index < -0.39 is 0 Å². The summed E-state index contributed by atoms with van der Waals surface area (Å²) >= 11 is 18.6. The first-order chi connectivity index (χ1) is 11.5. The summed E-state index contributed by atoms with van der Waals surface area (Å²) in [6.07, 6.45) is 0. The summed E-state index contributed by atoms with van der Waals surface area (Å²) in [7, 11) is 0. The molecule has 0 radical (unpaired) electrons. The lowest BCUT2D eigenvalue weighted by Crippen LogP contribution is -2.01. The standard InChI is InChI=1S/C15H8Cl3N3O2S/c16-10-3-1-8(2-4-10)11(22)7-24-15-21-20-14(23-15)9-5-12(17)19-13(18)6-9/h1-6H,7H2. The number of ketones is 1. The van der Waals surface area contributed by atoms with E-state index in [1.54, 1.807) is 36.4 Å². The molecule has 0 aliphatic rings. The molecular weight excluding hydrogens is 393 g/mol. The van der Waals surface area contributed by atoms with Gasteiger partial charge in [-0.25, -0.2) is 4.98 Å². The zero-order valence-electron chi connectivity index (χ0n) is 11.9. The third-order valence-corrected chi connectivity index (χ3v) is 4.37. The quantitative estimate of drug-likeness (QED) is 0.338. The lowest BCUT2D eigenvalue weighted by Gasteiger charge is -1.99. The fourth-order valence-corrected chi connectivity index (χ4v) is 3.06. The van der Waals surface area contributed by atoms with Gasteiger partial charge in [0, 0.05) is 16.1 Å². The van der Waals surface area contributed by atoms with Gasteiger partial charge >= 0.3 is 0 Å². The number of hydrogen-bond acceptors (Lipinski definition) is 6. The molecule has 0 aliphatic carbocycles. The Morgan fingerprint density at radius 1 is 1.04 bits per heavy atom. The zero-order chi connectivity index (χ0) is 17.1. The number of aromatic nitrogens is 3. The van der Waals surface area contributed by atoms with E-state index in [4.69, 9.17) is 39.2 Å². The van der Waals surface area contributed by atoms with Crippen molar-refractivity contribution in [3.8, 4) is 11.5 Å². The molecular formula is C15H8Cl3N3O2S. The summed E-state index contributed by atoms with van der Waals surface area (Å²) in [4.78, 5) is 15.9. The van der Waals surface area contributed by atoms with E-state index in [0.29, 0.717) is 16.1 Å². The minimum Gasteiger partial charge on any atom is -0.411 e. The summed E-state index contributed by atoms with van der Waals surface area (Å²) < 4.78 is 5.51. The SMILES string of the molecule is O=C(CSc1nnc(-c2cc(Cl)nc(Cl)c2)o1)c1ccc(Cl)cc1. The predicted molar refractivity (Wildman–Crippen MR) is 94.1 cm³/mol. The molecule has 0 atom stereocenters. The first-order valence-corrected chi connectivity index (χ1v) is 8.72. The van der Waals surface area contributed by atoms with Crippen molar-refractivity contribution >= 4 is 52.3 Å². The number of benzene rings is 1. The molecule has 3 rings (SSSR count). The van der Waals surface area contributed by atoms with Gasteiger partial charge in [0.1, 0.15) is 10.3 Å². The molecule has 9 heteroatoms. The van der Waals surface area contributed by atoms with Crippen LogP contribution in [-0.2, 0) is 0 Å². The second kappa shape index (κ2) is 7.53. The van der Waals surface area contributed by atoms with Crippen molar-refractivity contribution in [2.45, 2.75) is 5.22 Å². The fraction of sp³-hybridized carbons (Fsp3) is 0.0667. The van der Waals surface area contributed by atoms with Gasteiger partial charge in [-0.05, 0) is 36.4 Å². The Balaban J connectivity index is 1.68. The van der Waals surface area contributed by atoms with Crippen LogP contribution in [0.5, 0.6) is 0 Å². The second-order valence-electron chi connectivity index (χ2n) is 4.59. The molecule has 5 nitrogen and oxygen atoms in total. The van der Waals surface area contributed by atoms with Crippen LogP contribution in [0, 0.1) is 0 Å². The number of Topliss-reactive ketones (excluding diaryl/α,β-unsaturated/α-hetero) is 1. The Morgan fingerprint density at radius 2 is 1.71 bits per heavy atom. The zero-order valence-corrected chi connectivity index (χ0v) is 15.0. The first-order valence-electron chi connectivity index (χ1n) is 6.60. The Hall–Kier alpha value is -1.60. The fourth-order valence-electron chi connectivity index (χ4n) is 1.82. The molecule has 0 bridgehead atoms. The van der Waals surface area contributed by atoms with Crippen molar-refractivity contribution in [3.05, 3.63) is 57.3 Å². The minimum absolute atomic E-state index is 0.0635. The van der Waals surface area contributed by atoms with Gasteiger partial charge in [0.25, 0.3) is 5.22 Å². The average Bonchev–Trinajstić information content (AvgIpc) is 3.01. The smallest absolute Gasteiger partial charge is 0.277 e. The van der Waals surface area contributed by atoms with Crippen LogP contribution in [0.3, 0.4) is 0 Å². The summed E-state index contributed by atoms with van der Waals surface area (Å²) in [5, 5.41) is 9.12. The van der Waals surface area contributed by atoms with Gasteiger partial charge in [0.2, 0.25) is 5.89 Å². The number of carbonyl (C=O) groups excluding carboxylic acids is 1. The maximum Gasteiger partial charge on any atom is 0.277 e. The van der Waals surface area contributed by atoms with Crippen LogP contribution < -0.4 is 0 Å².